The van der Waals surface area contributed by atoms with Crippen LogP contribution in [0, 0.1) is 11.6 Å². The second-order valence-electron chi connectivity index (χ2n) is 8.63. The van der Waals surface area contributed by atoms with Crippen LogP contribution in [0.4, 0.5) is 8.78 Å². The number of aliphatic hydroxyl groups is 1. The minimum atomic E-state index is -1.18. The molecule has 0 radical (unpaired) electrons. The van der Waals surface area contributed by atoms with Crippen molar-refractivity contribution in [1.82, 2.24) is 5.32 Å². The molecule has 8 heteroatoms. The van der Waals surface area contributed by atoms with E-state index in [0.29, 0.717) is 42.2 Å². The number of carbonyl (C=O) groups is 1. The molecule has 1 heterocycles. The normalized spacial score (nSPS) is 16.8. The highest BCUT2D eigenvalue weighted by molar-refractivity contribution is 6.00. The van der Waals surface area contributed by atoms with Crippen LogP contribution in [0.3, 0.4) is 0 Å². The molecule has 0 saturated carbocycles. The summed E-state index contributed by atoms with van der Waals surface area (Å²) in [5, 5.41) is 11.8. The maximum Gasteiger partial charge on any atom is 0.251 e. The number of nitrogens with one attached hydrogen (secondary N) is 1. The number of amides is 1. The number of hydrogen-bond donors (Lipinski definition) is 2. The first-order chi connectivity index (χ1) is 17.5. The van der Waals surface area contributed by atoms with Crippen LogP contribution in [-0.4, -0.2) is 48.8 Å². The third-order valence-corrected chi connectivity index (χ3v) is 5.82. The van der Waals surface area contributed by atoms with Crippen molar-refractivity contribution in [3.8, 4) is 5.75 Å². The monoisotopic (exact) mass is 494 g/mol. The largest absolute Gasteiger partial charge is 0.494 e. The van der Waals surface area contributed by atoms with Gasteiger partial charge in [0.1, 0.15) is 24.0 Å². The van der Waals surface area contributed by atoms with E-state index < -0.39 is 17.2 Å². The molecule has 0 bridgehead atoms. The number of ether oxygens (including phenoxy) is 2. The molecule has 0 aromatic heterocycles. The zero-order chi connectivity index (χ0) is 25.4. The highest BCUT2D eigenvalue weighted by atomic mass is 19.1. The van der Waals surface area contributed by atoms with Gasteiger partial charge in [0.2, 0.25) is 5.90 Å². The van der Waals surface area contributed by atoms with Gasteiger partial charge in [0.15, 0.2) is 5.54 Å². The lowest BCUT2D eigenvalue weighted by atomic mass is 9.91. The Morgan fingerprint density at radius 2 is 1.75 bits per heavy atom. The van der Waals surface area contributed by atoms with Crippen LogP contribution in [0.15, 0.2) is 77.8 Å². The third kappa shape index (κ3) is 6.46. The Labute approximate surface area is 208 Å². The second-order valence-corrected chi connectivity index (χ2v) is 8.63. The number of rotatable bonds is 11. The first-order valence-corrected chi connectivity index (χ1v) is 11.8. The van der Waals surface area contributed by atoms with E-state index in [0.717, 1.165) is 11.6 Å². The first-order valence-electron chi connectivity index (χ1n) is 11.8. The Balaban J connectivity index is 1.49. The van der Waals surface area contributed by atoms with Crippen molar-refractivity contribution in [3.63, 3.8) is 0 Å². The summed E-state index contributed by atoms with van der Waals surface area (Å²) in [6, 6.07) is 20.1. The van der Waals surface area contributed by atoms with Gasteiger partial charge in [0.25, 0.3) is 5.91 Å². The van der Waals surface area contributed by atoms with Gasteiger partial charge >= 0.3 is 0 Å². The van der Waals surface area contributed by atoms with E-state index in [1.165, 1.54) is 12.1 Å². The van der Waals surface area contributed by atoms with Crippen molar-refractivity contribution in [2.24, 2.45) is 4.99 Å². The van der Waals surface area contributed by atoms with E-state index in [4.69, 9.17) is 19.6 Å². The van der Waals surface area contributed by atoms with Crippen LogP contribution in [0.5, 0.6) is 5.75 Å². The van der Waals surface area contributed by atoms with Crippen LogP contribution in [0.25, 0.3) is 0 Å². The predicted octanol–water partition coefficient (Wildman–Crippen LogP) is 3.84. The molecule has 0 spiro atoms. The maximum absolute atomic E-state index is 13.5. The molecule has 6 nitrogen and oxygen atoms in total. The highest BCUT2D eigenvalue weighted by Crippen LogP contribution is 2.27. The van der Waals surface area contributed by atoms with Crippen LogP contribution in [0.1, 0.15) is 23.1 Å². The number of halogens is 2. The Hall–Kier alpha value is -3.78. The molecule has 3 aromatic carbocycles. The van der Waals surface area contributed by atoms with Gasteiger partial charge in [0, 0.05) is 37.6 Å². The first kappa shape index (κ1) is 25.3. The van der Waals surface area contributed by atoms with E-state index in [1.54, 1.807) is 12.1 Å². The summed E-state index contributed by atoms with van der Waals surface area (Å²) in [6.07, 6.45) is 1.15. The fourth-order valence-electron chi connectivity index (χ4n) is 4.00. The Morgan fingerprint density at radius 3 is 2.44 bits per heavy atom. The van der Waals surface area contributed by atoms with Crippen molar-refractivity contribution < 1.29 is 28.2 Å². The van der Waals surface area contributed by atoms with Crippen LogP contribution in [-0.2, 0) is 22.4 Å². The van der Waals surface area contributed by atoms with Crippen LogP contribution < -0.4 is 10.1 Å². The van der Waals surface area contributed by atoms with Gasteiger partial charge < -0.3 is 19.9 Å². The minimum Gasteiger partial charge on any atom is -0.494 e. The maximum atomic E-state index is 13.5. The van der Waals surface area contributed by atoms with E-state index in [-0.39, 0.29) is 32.1 Å². The molecule has 1 amide bonds. The Kier molecular flexibility index (Phi) is 8.28. The molecule has 2 N–H and O–H groups in total. The zero-order valence-electron chi connectivity index (χ0n) is 19.8. The smallest absolute Gasteiger partial charge is 0.251 e. The van der Waals surface area contributed by atoms with Gasteiger partial charge in [-0.25, -0.2) is 13.8 Å². The summed E-state index contributed by atoms with van der Waals surface area (Å²) in [4.78, 5) is 18.1. The van der Waals surface area contributed by atoms with E-state index in [2.05, 4.69) is 5.32 Å². The van der Waals surface area contributed by atoms with E-state index in [9.17, 15) is 13.6 Å². The number of nitrogens with zero attached hydrogens (tertiary/aromatic N) is 1. The molecule has 0 fully saturated rings. The highest BCUT2D eigenvalue weighted by Gasteiger charge is 2.44. The molecule has 1 aliphatic heterocycles. The average molecular weight is 495 g/mol. The topological polar surface area (TPSA) is 80.2 Å². The molecule has 0 unspecified atom stereocenters. The molecule has 1 aliphatic rings. The van der Waals surface area contributed by atoms with Gasteiger partial charge in [-0.15, -0.1) is 0 Å². The van der Waals surface area contributed by atoms with E-state index in [1.807, 2.05) is 42.5 Å². The summed E-state index contributed by atoms with van der Waals surface area (Å²) in [5.41, 5.74) is 0.918. The van der Waals surface area contributed by atoms with Crippen molar-refractivity contribution >= 4 is 11.8 Å². The molecule has 3 aromatic rings. The summed E-state index contributed by atoms with van der Waals surface area (Å²) >= 11 is 0. The summed E-state index contributed by atoms with van der Waals surface area (Å²) < 4.78 is 38.4. The number of aliphatic imine (C=N–C) groups is 1. The third-order valence-electron chi connectivity index (χ3n) is 5.82. The number of benzene rings is 3. The molecular formula is C28H28F2N2O4. The predicted molar refractivity (Wildman–Crippen MR) is 132 cm³/mol. The number of aliphatic hydroxyl groups excluding tert-OH is 1. The molecular weight excluding hydrogens is 466 g/mol. The van der Waals surface area contributed by atoms with E-state index >= 15 is 0 Å². The fraction of sp³-hybridized carbons (Fsp3) is 0.286. The lowest BCUT2D eigenvalue weighted by Gasteiger charge is -2.23. The van der Waals surface area contributed by atoms with Crippen molar-refractivity contribution in [1.29, 1.82) is 0 Å². The standard InChI is InChI=1S/C28H28F2N2O4/c29-23-15-21(16-24(30)17-23)11-12-31-27(34)28(18-20-5-2-1-3-6-20)19-36-26(32-28)22-7-9-25(10-8-22)35-14-4-13-33/h1-3,5-10,15-17,33H,4,11-14,18-19H2,(H,31,34)/t28-/m1/s1. The lowest BCUT2D eigenvalue weighted by molar-refractivity contribution is -0.126. The van der Waals surface area contributed by atoms with Crippen molar-refractivity contribution in [3.05, 3.63) is 101 Å². The number of carbonyl (C=O) groups excluding carboxylic acids is 1. The summed E-state index contributed by atoms with van der Waals surface area (Å²) in [5.74, 6) is -0.606. The summed E-state index contributed by atoms with van der Waals surface area (Å²) in [6.45, 7) is 0.735. The van der Waals surface area contributed by atoms with Crippen LogP contribution in [0.2, 0.25) is 0 Å². The molecule has 1 atom stereocenters. The molecule has 4 rings (SSSR count). The van der Waals surface area contributed by atoms with Gasteiger partial charge in [-0.2, -0.15) is 0 Å². The SMILES string of the molecule is O=C(NCCc1cc(F)cc(F)c1)[C@@]1(Cc2ccccc2)COC(c2ccc(OCCCO)cc2)=N1. The molecule has 0 saturated heterocycles. The number of hydrogen-bond acceptors (Lipinski definition) is 5. The van der Waals surface area contributed by atoms with Crippen molar-refractivity contribution in [2.45, 2.75) is 24.8 Å². The van der Waals surface area contributed by atoms with Gasteiger partial charge in [-0.1, -0.05) is 30.3 Å². The van der Waals surface area contributed by atoms with Crippen molar-refractivity contribution in [2.75, 3.05) is 26.4 Å². The average Bonchev–Trinajstić information content (AvgIpc) is 3.30. The summed E-state index contributed by atoms with van der Waals surface area (Å²) in [7, 11) is 0. The fourth-order valence-corrected chi connectivity index (χ4v) is 4.00. The van der Waals surface area contributed by atoms with Crippen LogP contribution >= 0.6 is 0 Å². The van der Waals surface area contributed by atoms with Gasteiger partial charge in [0.05, 0.1) is 6.61 Å². The lowest BCUT2D eigenvalue weighted by Crippen LogP contribution is -2.48. The molecule has 36 heavy (non-hydrogen) atoms. The second kappa shape index (κ2) is 11.8. The Morgan fingerprint density at radius 1 is 1.03 bits per heavy atom. The molecule has 0 aliphatic carbocycles. The Bertz CT molecular complexity index is 1180. The quantitative estimate of drug-likeness (QED) is 0.397. The minimum absolute atomic E-state index is 0.0619. The van der Waals surface area contributed by atoms with Gasteiger partial charge in [-0.3, -0.25) is 4.79 Å². The zero-order valence-corrected chi connectivity index (χ0v) is 19.8. The van der Waals surface area contributed by atoms with Gasteiger partial charge in [-0.05, 0) is 53.9 Å². The molecule has 188 valence electrons.